The second kappa shape index (κ2) is 7.59. The summed E-state index contributed by atoms with van der Waals surface area (Å²) in [5, 5.41) is 11.9. The number of aromatic nitrogens is 4. The molecule has 0 saturated carbocycles. The van der Waals surface area contributed by atoms with Gasteiger partial charge in [-0.1, -0.05) is 42.1 Å². The standard InChI is InChI=1S/C16H21N5OS/c1-20-16(17-18-19-20)23-12-15(22)21-9-7-14(8-10-21)11-13-5-3-2-4-6-13/h2-6,14H,7-12H2,1H3. The number of carbonyl (C=O) groups is 1. The van der Waals surface area contributed by atoms with E-state index in [1.54, 1.807) is 11.7 Å². The number of aryl methyl sites for hydroxylation is 1. The van der Waals surface area contributed by atoms with Crippen LogP contribution in [0.15, 0.2) is 35.5 Å². The van der Waals surface area contributed by atoms with Crippen molar-refractivity contribution in [1.29, 1.82) is 0 Å². The first-order chi connectivity index (χ1) is 11.2. The molecule has 0 bridgehead atoms. The fraction of sp³-hybridized carbons (Fsp3) is 0.500. The summed E-state index contributed by atoms with van der Waals surface area (Å²) < 4.78 is 1.59. The molecule has 0 radical (unpaired) electrons. The van der Waals surface area contributed by atoms with Crippen LogP contribution in [0.4, 0.5) is 0 Å². The highest BCUT2D eigenvalue weighted by atomic mass is 32.2. The Hall–Kier alpha value is -1.89. The second-order valence-corrected chi connectivity index (χ2v) is 6.83. The number of piperidine rings is 1. The molecule has 6 nitrogen and oxygen atoms in total. The zero-order valence-electron chi connectivity index (χ0n) is 13.3. The molecule has 1 aromatic heterocycles. The lowest BCUT2D eigenvalue weighted by molar-refractivity contribution is -0.129. The number of amides is 1. The second-order valence-electron chi connectivity index (χ2n) is 5.89. The molecule has 0 unspecified atom stereocenters. The van der Waals surface area contributed by atoms with Crippen LogP contribution in [0.5, 0.6) is 0 Å². The van der Waals surface area contributed by atoms with E-state index in [1.807, 2.05) is 4.90 Å². The Bertz CT molecular complexity index is 637. The van der Waals surface area contributed by atoms with Crippen LogP contribution in [0, 0.1) is 5.92 Å². The number of thioether (sulfide) groups is 1. The summed E-state index contributed by atoms with van der Waals surface area (Å²) >= 11 is 1.39. The normalized spacial score (nSPS) is 15.8. The molecule has 2 aromatic rings. The summed E-state index contributed by atoms with van der Waals surface area (Å²) in [5.74, 6) is 1.26. The number of hydrogen-bond donors (Lipinski definition) is 0. The van der Waals surface area contributed by atoms with Gasteiger partial charge in [0.15, 0.2) is 0 Å². The van der Waals surface area contributed by atoms with Crippen molar-refractivity contribution in [3.63, 3.8) is 0 Å². The topological polar surface area (TPSA) is 63.9 Å². The highest BCUT2D eigenvalue weighted by molar-refractivity contribution is 7.99. The first-order valence-electron chi connectivity index (χ1n) is 7.89. The van der Waals surface area contributed by atoms with Gasteiger partial charge in [-0.15, -0.1) is 5.10 Å². The molecular formula is C16H21N5OS. The maximum atomic E-state index is 12.3. The Balaban J connectivity index is 1.43. The Morgan fingerprint density at radius 2 is 2.00 bits per heavy atom. The van der Waals surface area contributed by atoms with Crippen molar-refractivity contribution < 1.29 is 4.79 Å². The average Bonchev–Trinajstić information content (AvgIpc) is 2.99. The van der Waals surface area contributed by atoms with E-state index in [2.05, 4.69) is 45.9 Å². The molecule has 0 N–H and O–H groups in total. The zero-order valence-corrected chi connectivity index (χ0v) is 14.1. The molecule has 1 aliphatic rings. The van der Waals surface area contributed by atoms with E-state index in [1.165, 1.54) is 17.3 Å². The van der Waals surface area contributed by atoms with E-state index >= 15 is 0 Å². The number of nitrogens with zero attached hydrogens (tertiary/aromatic N) is 5. The van der Waals surface area contributed by atoms with Gasteiger partial charge in [0.25, 0.3) is 0 Å². The molecule has 1 saturated heterocycles. The summed E-state index contributed by atoms with van der Waals surface area (Å²) in [6.07, 6.45) is 3.27. The fourth-order valence-electron chi connectivity index (χ4n) is 2.90. The van der Waals surface area contributed by atoms with Gasteiger partial charge < -0.3 is 4.90 Å². The number of tetrazole rings is 1. The van der Waals surface area contributed by atoms with Crippen LogP contribution in [0.25, 0.3) is 0 Å². The minimum Gasteiger partial charge on any atom is -0.342 e. The molecule has 122 valence electrons. The van der Waals surface area contributed by atoms with Crippen molar-refractivity contribution in [2.75, 3.05) is 18.8 Å². The third kappa shape index (κ3) is 4.31. The molecule has 1 amide bonds. The molecule has 2 heterocycles. The Morgan fingerprint density at radius 3 is 2.65 bits per heavy atom. The smallest absolute Gasteiger partial charge is 0.233 e. The SMILES string of the molecule is Cn1nnnc1SCC(=O)N1CCC(Cc2ccccc2)CC1. The van der Waals surface area contributed by atoms with Crippen LogP contribution in [-0.2, 0) is 18.3 Å². The van der Waals surface area contributed by atoms with Gasteiger partial charge in [0.2, 0.25) is 11.1 Å². The summed E-state index contributed by atoms with van der Waals surface area (Å²) in [6, 6.07) is 10.6. The van der Waals surface area contributed by atoms with Crippen LogP contribution in [-0.4, -0.2) is 49.9 Å². The fourth-order valence-corrected chi connectivity index (χ4v) is 3.65. The molecule has 0 aliphatic carbocycles. The van der Waals surface area contributed by atoms with Crippen LogP contribution in [0.1, 0.15) is 18.4 Å². The van der Waals surface area contributed by atoms with Crippen molar-refractivity contribution in [1.82, 2.24) is 25.1 Å². The van der Waals surface area contributed by atoms with Gasteiger partial charge in [-0.05, 0) is 41.2 Å². The molecule has 7 heteroatoms. The molecule has 0 atom stereocenters. The van der Waals surface area contributed by atoms with Crippen molar-refractivity contribution in [3.8, 4) is 0 Å². The monoisotopic (exact) mass is 331 g/mol. The number of likely N-dealkylation sites (tertiary alicyclic amines) is 1. The van der Waals surface area contributed by atoms with Crippen molar-refractivity contribution >= 4 is 17.7 Å². The van der Waals surface area contributed by atoms with E-state index in [-0.39, 0.29) is 5.91 Å². The summed E-state index contributed by atoms with van der Waals surface area (Å²) in [7, 11) is 1.78. The van der Waals surface area contributed by atoms with E-state index in [0.717, 1.165) is 32.4 Å². The lowest BCUT2D eigenvalue weighted by atomic mass is 9.90. The molecule has 0 spiro atoms. The van der Waals surface area contributed by atoms with Gasteiger partial charge in [-0.25, -0.2) is 4.68 Å². The van der Waals surface area contributed by atoms with Gasteiger partial charge in [-0.2, -0.15) is 0 Å². The van der Waals surface area contributed by atoms with Crippen LogP contribution in [0.3, 0.4) is 0 Å². The molecule has 1 aromatic carbocycles. The van der Waals surface area contributed by atoms with E-state index in [9.17, 15) is 4.79 Å². The minimum absolute atomic E-state index is 0.177. The number of rotatable bonds is 5. The van der Waals surface area contributed by atoms with Gasteiger partial charge in [0.1, 0.15) is 0 Å². The number of carbonyl (C=O) groups excluding carboxylic acids is 1. The molecule has 1 aliphatic heterocycles. The minimum atomic E-state index is 0.177. The van der Waals surface area contributed by atoms with Crippen molar-refractivity contribution in [3.05, 3.63) is 35.9 Å². The number of benzene rings is 1. The summed E-state index contributed by atoms with van der Waals surface area (Å²) in [5.41, 5.74) is 1.39. The predicted octanol–water partition coefficient (Wildman–Crippen LogP) is 1.78. The molecular weight excluding hydrogens is 310 g/mol. The largest absolute Gasteiger partial charge is 0.342 e. The zero-order chi connectivity index (χ0) is 16.1. The van der Waals surface area contributed by atoms with Crippen molar-refractivity contribution in [2.24, 2.45) is 13.0 Å². The van der Waals surface area contributed by atoms with E-state index in [0.29, 0.717) is 16.8 Å². The third-order valence-corrected chi connectivity index (χ3v) is 5.24. The lowest BCUT2D eigenvalue weighted by Crippen LogP contribution is -2.39. The summed E-state index contributed by atoms with van der Waals surface area (Å²) in [4.78, 5) is 14.3. The molecule has 3 rings (SSSR count). The molecule has 23 heavy (non-hydrogen) atoms. The number of hydrogen-bond acceptors (Lipinski definition) is 5. The van der Waals surface area contributed by atoms with Crippen LogP contribution in [0.2, 0.25) is 0 Å². The Labute approximate surface area is 140 Å². The van der Waals surface area contributed by atoms with E-state index in [4.69, 9.17) is 0 Å². The van der Waals surface area contributed by atoms with Crippen LogP contribution >= 0.6 is 11.8 Å². The Kier molecular flexibility index (Phi) is 5.27. The quantitative estimate of drug-likeness (QED) is 0.782. The van der Waals surface area contributed by atoms with Gasteiger partial charge in [-0.3, -0.25) is 4.79 Å². The van der Waals surface area contributed by atoms with Gasteiger partial charge >= 0.3 is 0 Å². The van der Waals surface area contributed by atoms with Crippen LogP contribution < -0.4 is 0 Å². The third-order valence-electron chi connectivity index (χ3n) is 4.24. The predicted molar refractivity (Wildman–Crippen MR) is 89.0 cm³/mol. The maximum Gasteiger partial charge on any atom is 0.233 e. The van der Waals surface area contributed by atoms with Crippen molar-refractivity contribution in [2.45, 2.75) is 24.4 Å². The highest BCUT2D eigenvalue weighted by Crippen LogP contribution is 2.22. The maximum absolute atomic E-state index is 12.3. The first-order valence-corrected chi connectivity index (χ1v) is 8.88. The summed E-state index contributed by atoms with van der Waals surface area (Å²) in [6.45, 7) is 1.71. The highest BCUT2D eigenvalue weighted by Gasteiger charge is 2.23. The van der Waals surface area contributed by atoms with Gasteiger partial charge in [0.05, 0.1) is 5.75 Å². The van der Waals surface area contributed by atoms with E-state index < -0.39 is 0 Å². The Morgan fingerprint density at radius 1 is 1.26 bits per heavy atom. The lowest BCUT2D eigenvalue weighted by Gasteiger charge is -2.32. The van der Waals surface area contributed by atoms with Gasteiger partial charge in [0, 0.05) is 20.1 Å². The average molecular weight is 331 g/mol. The molecule has 1 fully saturated rings. The first kappa shape index (κ1) is 16.0.